The van der Waals surface area contributed by atoms with Crippen LogP contribution in [0.15, 0.2) is 24.3 Å². The van der Waals surface area contributed by atoms with Crippen molar-refractivity contribution in [3.8, 4) is 0 Å². The summed E-state index contributed by atoms with van der Waals surface area (Å²) >= 11 is 2.29. The minimum atomic E-state index is -0.743. The topological polar surface area (TPSA) is 72.8 Å². The highest BCUT2D eigenvalue weighted by Gasteiger charge is 2.57. The number of benzene rings is 1. The van der Waals surface area contributed by atoms with E-state index in [2.05, 4.69) is 60.8 Å². The second-order valence-electron chi connectivity index (χ2n) is 10.5. The predicted molar refractivity (Wildman–Crippen MR) is 126 cm³/mol. The number of fused-ring (bicyclic) bond motifs is 2. The number of aliphatic hydroxyl groups is 2. The highest BCUT2D eigenvalue weighted by Crippen LogP contribution is 2.61. The van der Waals surface area contributed by atoms with Crippen LogP contribution in [-0.4, -0.2) is 51.9 Å². The molecule has 2 bridgehead atoms. The third-order valence-electron chi connectivity index (χ3n) is 8.41. The van der Waals surface area contributed by atoms with Crippen LogP contribution in [0.3, 0.4) is 0 Å². The highest BCUT2D eigenvalue weighted by molar-refractivity contribution is 14.1. The number of β-amino-alcohol motifs (C(OH)–C–C–N with tert-alkyl or cyclic N) is 1. The Kier molecular flexibility index (Phi) is 6.25. The Morgan fingerprint density at radius 3 is 2.70 bits per heavy atom. The third kappa shape index (κ3) is 3.93. The smallest absolute Gasteiger partial charge is 0.238 e. The zero-order valence-electron chi connectivity index (χ0n) is 18.4. The first-order valence-electron chi connectivity index (χ1n) is 11.2. The van der Waals surface area contributed by atoms with Crippen LogP contribution in [0.5, 0.6) is 0 Å². The molecule has 8 atom stereocenters. The molecule has 5 nitrogen and oxygen atoms in total. The maximum atomic E-state index is 13.5. The Bertz CT molecular complexity index is 798. The largest absolute Gasteiger partial charge is 0.393 e. The number of carbonyl (C=O) groups excluding carboxylic acids is 1. The van der Waals surface area contributed by atoms with E-state index in [-0.39, 0.29) is 11.9 Å². The van der Waals surface area contributed by atoms with E-state index in [1.807, 2.05) is 17.0 Å². The first-order chi connectivity index (χ1) is 14.1. The molecule has 1 unspecified atom stereocenters. The van der Waals surface area contributed by atoms with Gasteiger partial charge >= 0.3 is 0 Å². The van der Waals surface area contributed by atoms with Crippen LogP contribution in [0.4, 0.5) is 0 Å². The monoisotopic (exact) mass is 526 g/mol. The number of rotatable bonds is 5. The van der Waals surface area contributed by atoms with Gasteiger partial charge in [0.15, 0.2) is 0 Å². The number of likely N-dealkylation sites (tertiary alicyclic amines) is 1. The summed E-state index contributed by atoms with van der Waals surface area (Å²) < 4.78 is 1.15. The number of nitrogens with one attached hydrogen (secondary N) is 1. The molecule has 1 aromatic rings. The lowest BCUT2D eigenvalue weighted by atomic mass is 9.45. The fourth-order valence-electron chi connectivity index (χ4n) is 6.50. The molecule has 1 saturated heterocycles. The molecule has 3 aliphatic carbocycles. The number of aliphatic hydroxyl groups excluding tert-OH is 2. The van der Waals surface area contributed by atoms with Crippen LogP contribution in [0.2, 0.25) is 0 Å². The Morgan fingerprint density at radius 2 is 2.10 bits per heavy atom. The molecule has 1 aliphatic heterocycles. The second kappa shape index (κ2) is 8.34. The zero-order valence-corrected chi connectivity index (χ0v) is 20.5. The molecule has 30 heavy (non-hydrogen) atoms. The molecule has 166 valence electrons. The average molecular weight is 526 g/mol. The number of carbonyl (C=O) groups is 1. The molecule has 6 heteroatoms. The van der Waals surface area contributed by atoms with Crippen LogP contribution < -0.4 is 5.32 Å². The summed E-state index contributed by atoms with van der Waals surface area (Å²) in [6.45, 7) is 9.67. The van der Waals surface area contributed by atoms with Crippen molar-refractivity contribution in [2.24, 2.45) is 29.1 Å². The van der Waals surface area contributed by atoms with Crippen LogP contribution in [-0.2, 0) is 11.3 Å². The van der Waals surface area contributed by atoms with Crippen molar-refractivity contribution in [3.63, 3.8) is 0 Å². The highest BCUT2D eigenvalue weighted by atomic mass is 127. The van der Waals surface area contributed by atoms with Crippen molar-refractivity contribution >= 4 is 28.5 Å². The van der Waals surface area contributed by atoms with Gasteiger partial charge in [-0.15, -0.1) is 0 Å². The van der Waals surface area contributed by atoms with Gasteiger partial charge < -0.3 is 15.5 Å². The molecular formula is C24H35IN2O3. The summed E-state index contributed by atoms with van der Waals surface area (Å²) in [5.41, 5.74) is 1.50. The number of halogens is 1. The van der Waals surface area contributed by atoms with E-state index in [1.165, 1.54) is 6.42 Å². The Labute approximate surface area is 193 Å². The van der Waals surface area contributed by atoms with Crippen LogP contribution in [0.25, 0.3) is 0 Å². The minimum absolute atomic E-state index is 0.0426. The van der Waals surface area contributed by atoms with Gasteiger partial charge in [0.1, 0.15) is 0 Å². The van der Waals surface area contributed by atoms with Gasteiger partial charge in [-0.25, -0.2) is 0 Å². The minimum Gasteiger partial charge on any atom is -0.393 e. The summed E-state index contributed by atoms with van der Waals surface area (Å²) in [5.74, 6) is 1.27. The zero-order chi connectivity index (χ0) is 21.8. The van der Waals surface area contributed by atoms with Gasteiger partial charge in [-0.3, -0.25) is 9.69 Å². The van der Waals surface area contributed by atoms with E-state index in [0.717, 1.165) is 15.6 Å². The standard InChI is InChI=1S/C24H35IN2O3/c1-13-18-9-16(24(18,3)4)10-19(13)26-23(30)22-21(14(2)28)20(29)12-27(22)11-15-6-5-7-17(25)8-15/h5-8,13-14,16,18-22,28-29H,9-12H2,1-4H3,(H,26,30)/t13-,14-,16+,18-,19?,20-,21+,22-/m0/s1. The summed E-state index contributed by atoms with van der Waals surface area (Å²) in [7, 11) is 0. The fraction of sp³-hybridized carbons (Fsp3) is 0.708. The Morgan fingerprint density at radius 1 is 1.37 bits per heavy atom. The predicted octanol–water partition coefficient (Wildman–Crippen LogP) is 3.02. The first-order valence-corrected chi connectivity index (χ1v) is 12.3. The molecule has 1 aromatic carbocycles. The molecule has 3 N–H and O–H groups in total. The molecule has 3 saturated carbocycles. The van der Waals surface area contributed by atoms with Gasteiger partial charge in [0, 0.05) is 28.6 Å². The van der Waals surface area contributed by atoms with Gasteiger partial charge in [0.05, 0.1) is 18.2 Å². The van der Waals surface area contributed by atoms with Gasteiger partial charge in [-0.1, -0.05) is 32.9 Å². The van der Waals surface area contributed by atoms with Crippen LogP contribution in [0, 0.1) is 32.7 Å². The second-order valence-corrected chi connectivity index (χ2v) is 11.7. The summed E-state index contributed by atoms with van der Waals surface area (Å²) in [6, 6.07) is 7.89. The van der Waals surface area contributed by atoms with Crippen molar-refractivity contribution < 1.29 is 15.0 Å². The molecule has 0 radical (unpaired) electrons. The lowest BCUT2D eigenvalue weighted by Crippen LogP contribution is -2.62. The normalized spacial score (nSPS) is 38.7. The molecule has 5 rings (SSSR count). The van der Waals surface area contributed by atoms with E-state index >= 15 is 0 Å². The van der Waals surface area contributed by atoms with E-state index in [9.17, 15) is 15.0 Å². The molecule has 0 aromatic heterocycles. The number of nitrogens with zero attached hydrogens (tertiary/aromatic N) is 1. The van der Waals surface area contributed by atoms with E-state index in [0.29, 0.717) is 36.3 Å². The van der Waals surface area contributed by atoms with Crippen molar-refractivity contribution in [2.75, 3.05) is 6.54 Å². The quantitative estimate of drug-likeness (QED) is 0.516. The van der Waals surface area contributed by atoms with Gasteiger partial charge in [-0.05, 0) is 83.2 Å². The molecular weight excluding hydrogens is 491 g/mol. The SMILES string of the molecule is C[C@H](O)[C@H]1[C@@H](C(=O)NC2C[C@H]3C[C@@H]([C@@H]2C)C3(C)C)N(Cc2cccc(I)c2)C[C@@H]1O. The summed E-state index contributed by atoms with van der Waals surface area (Å²) in [4.78, 5) is 15.5. The van der Waals surface area contributed by atoms with Gasteiger partial charge in [0.25, 0.3) is 0 Å². The number of amides is 1. The summed E-state index contributed by atoms with van der Waals surface area (Å²) in [5, 5.41) is 24.4. The van der Waals surface area contributed by atoms with E-state index in [1.54, 1.807) is 6.92 Å². The van der Waals surface area contributed by atoms with Crippen molar-refractivity contribution in [2.45, 2.75) is 71.4 Å². The molecule has 0 spiro atoms. The maximum Gasteiger partial charge on any atom is 0.238 e. The number of hydrogen-bond acceptors (Lipinski definition) is 4. The van der Waals surface area contributed by atoms with Crippen molar-refractivity contribution in [3.05, 3.63) is 33.4 Å². The van der Waals surface area contributed by atoms with Crippen molar-refractivity contribution in [1.82, 2.24) is 10.2 Å². The maximum absolute atomic E-state index is 13.5. The van der Waals surface area contributed by atoms with Gasteiger partial charge in [-0.2, -0.15) is 0 Å². The molecule has 1 heterocycles. The fourth-order valence-corrected chi connectivity index (χ4v) is 7.10. The number of hydrogen-bond donors (Lipinski definition) is 3. The van der Waals surface area contributed by atoms with Crippen LogP contribution in [0.1, 0.15) is 46.1 Å². The van der Waals surface area contributed by atoms with Gasteiger partial charge in [0.2, 0.25) is 5.91 Å². The van der Waals surface area contributed by atoms with Crippen LogP contribution >= 0.6 is 22.6 Å². The third-order valence-corrected chi connectivity index (χ3v) is 9.08. The molecule has 4 aliphatic rings. The Balaban J connectivity index is 1.51. The lowest BCUT2D eigenvalue weighted by molar-refractivity contribution is -0.139. The van der Waals surface area contributed by atoms with Crippen molar-refractivity contribution in [1.29, 1.82) is 0 Å². The van der Waals surface area contributed by atoms with E-state index in [4.69, 9.17) is 0 Å². The molecule has 4 fully saturated rings. The average Bonchev–Trinajstić information content (AvgIpc) is 2.98. The van der Waals surface area contributed by atoms with E-state index < -0.39 is 24.2 Å². The Hall–Kier alpha value is -0.700. The molecule has 1 amide bonds. The lowest BCUT2D eigenvalue weighted by Gasteiger charge is -2.62. The summed E-state index contributed by atoms with van der Waals surface area (Å²) in [6.07, 6.45) is 0.854. The first kappa shape index (κ1) is 22.5.